The molecule has 0 aliphatic heterocycles. The highest BCUT2D eigenvalue weighted by Crippen LogP contribution is 2.77. The van der Waals surface area contributed by atoms with E-state index in [9.17, 15) is 4.79 Å². The third kappa shape index (κ3) is 0.881. The Labute approximate surface area is 98.3 Å². The second-order valence-corrected chi connectivity index (χ2v) is 6.95. The molecule has 0 radical (unpaired) electrons. The van der Waals surface area contributed by atoms with E-state index in [1.165, 1.54) is 12.8 Å². The molecule has 0 bridgehead atoms. The van der Waals surface area contributed by atoms with E-state index in [0.29, 0.717) is 11.2 Å². The molecule has 1 nitrogen and oxygen atoms in total. The van der Waals surface area contributed by atoms with Crippen LogP contribution in [0.4, 0.5) is 0 Å². The van der Waals surface area contributed by atoms with Gasteiger partial charge in [-0.3, -0.25) is 4.79 Å². The maximum atomic E-state index is 12.1. The average Bonchev–Trinajstić information content (AvgIpc) is 2.84. The number of fused-ring (bicyclic) bond motifs is 1. The Morgan fingerprint density at radius 3 is 2.38 bits per heavy atom. The van der Waals surface area contributed by atoms with Crippen molar-refractivity contribution < 1.29 is 4.79 Å². The summed E-state index contributed by atoms with van der Waals surface area (Å²) >= 11 is 0. The van der Waals surface area contributed by atoms with Gasteiger partial charge >= 0.3 is 0 Å². The third-order valence-electron chi connectivity index (χ3n) is 6.44. The van der Waals surface area contributed by atoms with Gasteiger partial charge < -0.3 is 0 Å². The zero-order valence-corrected chi connectivity index (χ0v) is 10.9. The molecule has 0 spiro atoms. The summed E-state index contributed by atoms with van der Waals surface area (Å²) in [5.74, 6) is 1.28. The molecule has 1 heteroatoms. The summed E-state index contributed by atoms with van der Waals surface area (Å²) in [5, 5.41) is 0. The third-order valence-corrected chi connectivity index (χ3v) is 6.44. The van der Waals surface area contributed by atoms with Crippen LogP contribution >= 0.6 is 0 Å². The van der Waals surface area contributed by atoms with E-state index in [4.69, 9.17) is 0 Å². The fourth-order valence-corrected chi connectivity index (χ4v) is 4.62. The first-order valence-corrected chi connectivity index (χ1v) is 6.55. The van der Waals surface area contributed by atoms with Crippen LogP contribution in [0.1, 0.15) is 53.4 Å². The molecule has 2 saturated carbocycles. The molecule has 3 rings (SSSR count). The van der Waals surface area contributed by atoms with Crippen LogP contribution in [0.5, 0.6) is 0 Å². The summed E-state index contributed by atoms with van der Waals surface area (Å²) in [6.07, 6.45) is 6.88. The zero-order valence-electron chi connectivity index (χ0n) is 10.9. The van der Waals surface area contributed by atoms with E-state index in [0.717, 1.165) is 18.8 Å². The minimum Gasteiger partial charge on any atom is -0.299 e. The molecule has 16 heavy (non-hydrogen) atoms. The molecule has 3 aliphatic carbocycles. The Hall–Kier alpha value is -0.590. The van der Waals surface area contributed by atoms with E-state index >= 15 is 0 Å². The molecular formula is C15H22O. The van der Waals surface area contributed by atoms with Gasteiger partial charge in [-0.05, 0) is 42.9 Å². The summed E-state index contributed by atoms with van der Waals surface area (Å²) in [7, 11) is 0. The second-order valence-electron chi connectivity index (χ2n) is 6.95. The first-order valence-electron chi connectivity index (χ1n) is 6.55. The smallest absolute Gasteiger partial charge is 0.139 e. The molecule has 0 amide bonds. The Morgan fingerprint density at radius 2 is 2.00 bits per heavy atom. The fraction of sp³-hybridized carbons (Fsp3) is 0.800. The lowest BCUT2D eigenvalue weighted by Gasteiger charge is -2.44. The van der Waals surface area contributed by atoms with Crippen molar-refractivity contribution >= 4 is 5.78 Å². The van der Waals surface area contributed by atoms with Crippen LogP contribution in [0.15, 0.2) is 11.6 Å². The van der Waals surface area contributed by atoms with Crippen LogP contribution in [0.3, 0.4) is 0 Å². The van der Waals surface area contributed by atoms with Gasteiger partial charge in [0.15, 0.2) is 0 Å². The van der Waals surface area contributed by atoms with Gasteiger partial charge in [-0.2, -0.15) is 0 Å². The largest absolute Gasteiger partial charge is 0.299 e. The van der Waals surface area contributed by atoms with E-state index in [1.807, 2.05) is 0 Å². The van der Waals surface area contributed by atoms with E-state index in [-0.39, 0.29) is 10.8 Å². The molecule has 0 aromatic heterocycles. The van der Waals surface area contributed by atoms with Gasteiger partial charge in [0.05, 0.1) is 0 Å². The lowest BCUT2D eigenvalue weighted by Crippen LogP contribution is -2.42. The molecule has 0 saturated heterocycles. The van der Waals surface area contributed by atoms with Gasteiger partial charge in [-0.1, -0.05) is 32.4 Å². The first kappa shape index (κ1) is 10.6. The Balaban J connectivity index is 2.00. The number of Topliss-reactive ketones (excluding diaryl/α,β-unsaturated/α-hetero) is 1. The topological polar surface area (TPSA) is 17.1 Å². The molecule has 0 heterocycles. The molecule has 0 unspecified atom stereocenters. The van der Waals surface area contributed by atoms with Crippen molar-refractivity contribution in [3.8, 4) is 0 Å². The molecule has 0 N–H and O–H groups in total. The molecular weight excluding hydrogens is 196 g/mol. The molecule has 0 aromatic rings. The van der Waals surface area contributed by atoms with Gasteiger partial charge in [0.2, 0.25) is 0 Å². The predicted molar refractivity (Wildman–Crippen MR) is 65.0 cm³/mol. The summed E-state index contributed by atoms with van der Waals surface area (Å²) in [4.78, 5) is 12.1. The van der Waals surface area contributed by atoms with Crippen LogP contribution < -0.4 is 0 Å². The fourth-order valence-electron chi connectivity index (χ4n) is 4.62. The minimum atomic E-state index is -0.111. The summed E-state index contributed by atoms with van der Waals surface area (Å²) < 4.78 is 0. The Kier molecular flexibility index (Phi) is 1.73. The lowest BCUT2D eigenvalue weighted by atomic mass is 9.59. The second kappa shape index (κ2) is 2.63. The zero-order chi connectivity index (χ0) is 11.8. The number of allylic oxidation sites excluding steroid dienone is 2. The van der Waals surface area contributed by atoms with Crippen molar-refractivity contribution in [2.24, 2.45) is 22.2 Å². The van der Waals surface area contributed by atoms with E-state index < -0.39 is 0 Å². The number of rotatable bonds is 1. The quantitative estimate of drug-likeness (QED) is 0.613. The first-order chi connectivity index (χ1) is 7.35. The molecule has 3 aliphatic rings. The van der Waals surface area contributed by atoms with Crippen LogP contribution in [0.2, 0.25) is 0 Å². The van der Waals surface area contributed by atoms with Crippen LogP contribution in [0.25, 0.3) is 0 Å². The highest BCUT2D eigenvalue weighted by atomic mass is 16.1. The van der Waals surface area contributed by atoms with Crippen molar-refractivity contribution in [1.82, 2.24) is 0 Å². The predicted octanol–water partition coefficient (Wildman–Crippen LogP) is 3.74. The average molecular weight is 218 g/mol. The molecule has 88 valence electrons. The van der Waals surface area contributed by atoms with Crippen molar-refractivity contribution in [3.05, 3.63) is 11.6 Å². The van der Waals surface area contributed by atoms with Crippen LogP contribution in [-0.2, 0) is 4.79 Å². The van der Waals surface area contributed by atoms with E-state index in [1.54, 1.807) is 5.57 Å². The van der Waals surface area contributed by atoms with Gasteiger partial charge in [-0.25, -0.2) is 0 Å². The van der Waals surface area contributed by atoms with Crippen LogP contribution in [-0.4, -0.2) is 5.78 Å². The molecule has 3 atom stereocenters. The highest BCUT2D eigenvalue weighted by molar-refractivity contribution is 5.87. The van der Waals surface area contributed by atoms with Gasteiger partial charge in [-0.15, -0.1) is 0 Å². The summed E-state index contributed by atoms with van der Waals surface area (Å²) in [5.41, 5.74) is 2.15. The van der Waals surface area contributed by atoms with Gasteiger partial charge in [0.25, 0.3) is 0 Å². The lowest BCUT2D eigenvalue weighted by molar-refractivity contribution is -0.129. The maximum absolute atomic E-state index is 12.1. The number of ketones is 1. The normalized spacial score (nSPS) is 49.1. The highest BCUT2D eigenvalue weighted by Gasteiger charge is 2.72. The van der Waals surface area contributed by atoms with Crippen molar-refractivity contribution in [2.75, 3.05) is 0 Å². The number of carbonyl (C=O) groups excluding carboxylic acids is 1. The Bertz CT molecular complexity index is 404. The summed E-state index contributed by atoms with van der Waals surface area (Å²) in [6, 6.07) is 0. The molecule has 2 fully saturated rings. The number of hydrogen-bond donors (Lipinski definition) is 0. The Morgan fingerprint density at radius 1 is 1.31 bits per heavy atom. The monoisotopic (exact) mass is 218 g/mol. The molecule has 0 aromatic carbocycles. The maximum Gasteiger partial charge on any atom is 0.139 e. The SMILES string of the molecule is CC1=CC[C@]2([C@@]3(C)CCC(=O)C3(C)C)C[C@H]12. The van der Waals surface area contributed by atoms with E-state index in [2.05, 4.69) is 33.8 Å². The standard InChI is InChI=1S/C15H22O/c1-10-5-8-15(9-11(10)15)14(4)7-6-12(16)13(14,2)3/h5,11H,6-9H2,1-4H3/t11-,14+,15+/m1/s1. The van der Waals surface area contributed by atoms with Crippen molar-refractivity contribution in [1.29, 1.82) is 0 Å². The minimum absolute atomic E-state index is 0.111. The van der Waals surface area contributed by atoms with Crippen molar-refractivity contribution in [3.63, 3.8) is 0 Å². The van der Waals surface area contributed by atoms with Gasteiger partial charge in [0, 0.05) is 11.8 Å². The van der Waals surface area contributed by atoms with Crippen LogP contribution in [0, 0.1) is 22.2 Å². The number of carbonyl (C=O) groups is 1. The summed E-state index contributed by atoms with van der Waals surface area (Å²) in [6.45, 7) is 9.01. The van der Waals surface area contributed by atoms with Gasteiger partial charge in [0.1, 0.15) is 5.78 Å². The number of hydrogen-bond acceptors (Lipinski definition) is 1. The van der Waals surface area contributed by atoms with Crippen molar-refractivity contribution in [2.45, 2.75) is 53.4 Å².